The molecule has 1 atom stereocenters. The minimum Gasteiger partial charge on any atom is -0.395 e. The zero-order valence-electron chi connectivity index (χ0n) is 8.73. The predicted molar refractivity (Wildman–Crippen MR) is 58.5 cm³/mol. The second-order valence-corrected chi connectivity index (χ2v) is 3.35. The van der Waals surface area contributed by atoms with E-state index in [2.05, 4.69) is 5.32 Å². The molecule has 0 aromatic heterocycles. The first-order valence-corrected chi connectivity index (χ1v) is 4.89. The van der Waals surface area contributed by atoms with E-state index in [1.807, 2.05) is 19.1 Å². The number of nitrogens with two attached hydrogens (primary N) is 1. The van der Waals surface area contributed by atoms with E-state index in [9.17, 15) is 4.79 Å². The van der Waals surface area contributed by atoms with Gasteiger partial charge in [0.2, 0.25) is 5.91 Å². The molecular weight excluding hydrogens is 192 g/mol. The summed E-state index contributed by atoms with van der Waals surface area (Å²) in [5.74, 6) is -0.428. The van der Waals surface area contributed by atoms with Gasteiger partial charge in [0, 0.05) is 18.2 Å². The van der Waals surface area contributed by atoms with Crippen molar-refractivity contribution in [2.75, 3.05) is 13.2 Å². The second kappa shape index (κ2) is 5.48. The molecule has 0 saturated carbocycles. The van der Waals surface area contributed by atoms with E-state index in [0.29, 0.717) is 12.1 Å². The van der Waals surface area contributed by atoms with Crippen LogP contribution in [0.5, 0.6) is 0 Å². The summed E-state index contributed by atoms with van der Waals surface area (Å²) in [4.78, 5) is 11.1. The maximum atomic E-state index is 11.1. The molecule has 1 unspecified atom stereocenters. The smallest absolute Gasteiger partial charge is 0.249 e. The summed E-state index contributed by atoms with van der Waals surface area (Å²) in [6.07, 6.45) is 0. The molecule has 82 valence electrons. The lowest BCUT2D eigenvalue weighted by Crippen LogP contribution is -2.25. The third kappa shape index (κ3) is 3.04. The maximum absolute atomic E-state index is 11.1. The summed E-state index contributed by atoms with van der Waals surface area (Å²) >= 11 is 0. The first kappa shape index (κ1) is 11.7. The number of aliphatic hydroxyl groups excluding tert-OH is 1. The number of benzene rings is 1. The summed E-state index contributed by atoms with van der Waals surface area (Å²) in [5.41, 5.74) is 6.65. The number of amides is 1. The lowest BCUT2D eigenvalue weighted by molar-refractivity contribution is 0.0999. The van der Waals surface area contributed by atoms with Crippen LogP contribution in [0.1, 0.15) is 28.9 Å². The van der Waals surface area contributed by atoms with Crippen molar-refractivity contribution in [3.63, 3.8) is 0 Å². The third-order valence-corrected chi connectivity index (χ3v) is 2.26. The average Bonchev–Trinajstić information content (AvgIpc) is 2.25. The average molecular weight is 208 g/mol. The Morgan fingerprint density at radius 1 is 1.53 bits per heavy atom. The fourth-order valence-corrected chi connectivity index (χ4v) is 1.49. The molecule has 0 bridgehead atoms. The van der Waals surface area contributed by atoms with Gasteiger partial charge in [-0.15, -0.1) is 0 Å². The van der Waals surface area contributed by atoms with Gasteiger partial charge in [-0.05, 0) is 18.6 Å². The van der Waals surface area contributed by atoms with Gasteiger partial charge in [-0.1, -0.05) is 18.2 Å². The van der Waals surface area contributed by atoms with Crippen molar-refractivity contribution in [1.82, 2.24) is 5.32 Å². The molecule has 4 N–H and O–H groups in total. The topological polar surface area (TPSA) is 75.3 Å². The summed E-state index contributed by atoms with van der Waals surface area (Å²) in [6.45, 7) is 2.49. The highest BCUT2D eigenvalue weighted by atomic mass is 16.3. The van der Waals surface area contributed by atoms with Gasteiger partial charge in [0.1, 0.15) is 0 Å². The van der Waals surface area contributed by atoms with Gasteiger partial charge in [0.25, 0.3) is 0 Å². The van der Waals surface area contributed by atoms with Gasteiger partial charge < -0.3 is 16.2 Å². The largest absolute Gasteiger partial charge is 0.395 e. The Hall–Kier alpha value is -1.39. The standard InChI is InChI=1S/C11H16N2O2/c1-8(13-6-7-14)9-4-2-3-5-10(9)11(12)15/h2-5,8,13-14H,6-7H2,1H3,(H2,12,15). The molecule has 1 amide bonds. The molecule has 4 heteroatoms. The number of carbonyl (C=O) groups is 1. The van der Waals surface area contributed by atoms with Crippen LogP contribution in [-0.2, 0) is 0 Å². The van der Waals surface area contributed by atoms with Crippen LogP contribution in [0.25, 0.3) is 0 Å². The zero-order valence-corrected chi connectivity index (χ0v) is 8.73. The number of rotatable bonds is 5. The number of hydrogen-bond donors (Lipinski definition) is 3. The van der Waals surface area contributed by atoms with Crippen molar-refractivity contribution in [2.45, 2.75) is 13.0 Å². The Bertz CT molecular complexity index is 339. The number of carbonyl (C=O) groups excluding carboxylic acids is 1. The molecule has 0 aliphatic carbocycles. The second-order valence-electron chi connectivity index (χ2n) is 3.35. The number of nitrogens with one attached hydrogen (secondary N) is 1. The van der Waals surface area contributed by atoms with Crippen LogP contribution in [0.2, 0.25) is 0 Å². The fourth-order valence-electron chi connectivity index (χ4n) is 1.49. The maximum Gasteiger partial charge on any atom is 0.249 e. The molecule has 1 aromatic rings. The Kier molecular flexibility index (Phi) is 4.27. The summed E-state index contributed by atoms with van der Waals surface area (Å²) in [5, 5.41) is 11.8. The van der Waals surface area contributed by atoms with Gasteiger partial charge in [0.15, 0.2) is 0 Å². The molecule has 0 saturated heterocycles. The van der Waals surface area contributed by atoms with Crippen molar-refractivity contribution < 1.29 is 9.90 Å². The van der Waals surface area contributed by atoms with Crippen LogP contribution in [-0.4, -0.2) is 24.2 Å². The summed E-state index contributed by atoms with van der Waals surface area (Å²) in [6, 6.07) is 7.20. The number of primary amides is 1. The molecular formula is C11H16N2O2. The van der Waals surface area contributed by atoms with Crippen molar-refractivity contribution in [1.29, 1.82) is 0 Å². The predicted octanol–water partition coefficient (Wildman–Crippen LogP) is 0.428. The van der Waals surface area contributed by atoms with Gasteiger partial charge in [-0.3, -0.25) is 4.79 Å². The highest BCUT2D eigenvalue weighted by molar-refractivity contribution is 5.94. The van der Waals surface area contributed by atoms with E-state index >= 15 is 0 Å². The molecule has 0 radical (unpaired) electrons. The van der Waals surface area contributed by atoms with Crippen molar-refractivity contribution in [2.24, 2.45) is 5.73 Å². The van der Waals surface area contributed by atoms with E-state index in [4.69, 9.17) is 10.8 Å². The Morgan fingerprint density at radius 2 is 2.20 bits per heavy atom. The normalized spacial score (nSPS) is 12.4. The minimum atomic E-state index is -0.428. The van der Waals surface area contributed by atoms with E-state index in [-0.39, 0.29) is 12.6 Å². The molecule has 15 heavy (non-hydrogen) atoms. The van der Waals surface area contributed by atoms with E-state index in [1.165, 1.54) is 0 Å². The first-order chi connectivity index (χ1) is 7.16. The highest BCUT2D eigenvalue weighted by Gasteiger charge is 2.12. The lowest BCUT2D eigenvalue weighted by Gasteiger charge is -2.15. The fraction of sp³-hybridized carbons (Fsp3) is 0.364. The van der Waals surface area contributed by atoms with Crippen LogP contribution < -0.4 is 11.1 Å². The minimum absolute atomic E-state index is 0.000787. The highest BCUT2D eigenvalue weighted by Crippen LogP contribution is 2.16. The Labute approximate surface area is 89.1 Å². The molecule has 0 aliphatic rings. The summed E-state index contributed by atoms with van der Waals surface area (Å²) in [7, 11) is 0. The molecule has 1 rings (SSSR count). The molecule has 1 aromatic carbocycles. The quantitative estimate of drug-likeness (QED) is 0.656. The van der Waals surface area contributed by atoms with Crippen molar-refractivity contribution in [3.8, 4) is 0 Å². The Morgan fingerprint density at radius 3 is 2.80 bits per heavy atom. The van der Waals surface area contributed by atoms with Gasteiger partial charge in [0.05, 0.1) is 6.61 Å². The van der Waals surface area contributed by atoms with E-state index in [1.54, 1.807) is 12.1 Å². The van der Waals surface area contributed by atoms with Crippen LogP contribution in [0.3, 0.4) is 0 Å². The first-order valence-electron chi connectivity index (χ1n) is 4.89. The summed E-state index contributed by atoms with van der Waals surface area (Å²) < 4.78 is 0. The lowest BCUT2D eigenvalue weighted by atomic mass is 10.0. The van der Waals surface area contributed by atoms with Gasteiger partial charge in [-0.2, -0.15) is 0 Å². The number of hydrogen-bond acceptors (Lipinski definition) is 3. The van der Waals surface area contributed by atoms with E-state index < -0.39 is 5.91 Å². The molecule has 0 heterocycles. The van der Waals surface area contributed by atoms with Crippen LogP contribution >= 0.6 is 0 Å². The third-order valence-electron chi connectivity index (χ3n) is 2.26. The number of aliphatic hydroxyl groups is 1. The zero-order chi connectivity index (χ0) is 11.3. The molecule has 0 aliphatic heterocycles. The van der Waals surface area contributed by atoms with Gasteiger partial charge >= 0.3 is 0 Å². The molecule has 4 nitrogen and oxygen atoms in total. The Balaban J connectivity index is 2.87. The van der Waals surface area contributed by atoms with Crippen molar-refractivity contribution >= 4 is 5.91 Å². The molecule has 0 spiro atoms. The van der Waals surface area contributed by atoms with Crippen LogP contribution in [0, 0.1) is 0 Å². The SMILES string of the molecule is CC(NCCO)c1ccccc1C(N)=O. The molecule has 0 fully saturated rings. The van der Waals surface area contributed by atoms with Gasteiger partial charge in [-0.25, -0.2) is 0 Å². The van der Waals surface area contributed by atoms with Crippen LogP contribution in [0.4, 0.5) is 0 Å². The monoisotopic (exact) mass is 208 g/mol. The van der Waals surface area contributed by atoms with Crippen molar-refractivity contribution in [3.05, 3.63) is 35.4 Å². The van der Waals surface area contributed by atoms with Crippen LogP contribution in [0.15, 0.2) is 24.3 Å². The van der Waals surface area contributed by atoms with E-state index in [0.717, 1.165) is 5.56 Å².